The predicted molar refractivity (Wildman–Crippen MR) is 67.8 cm³/mol. The van der Waals surface area contributed by atoms with E-state index < -0.39 is 0 Å². The molecule has 17 heavy (non-hydrogen) atoms. The van der Waals surface area contributed by atoms with Crippen LogP contribution in [0, 0.1) is 5.41 Å². The minimum Gasteiger partial charge on any atom is -0.397 e. The van der Waals surface area contributed by atoms with Gasteiger partial charge in [-0.2, -0.15) is 0 Å². The molecule has 0 amide bonds. The first-order valence-electron chi connectivity index (χ1n) is 6.31. The standard InChI is InChI=1S/C13H19N3O/c14-10-1-2-12(15-9-10)16-5-3-13(4-6-16)7-11(17)8-13/h1-2,9,11,17H,3-8,14H2. The SMILES string of the molecule is Nc1ccc(N2CCC3(CC2)CC(O)C3)nc1. The zero-order valence-electron chi connectivity index (χ0n) is 9.97. The third-order valence-electron chi connectivity index (χ3n) is 4.26. The maximum absolute atomic E-state index is 9.44. The van der Waals surface area contributed by atoms with Gasteiger partial charge < -0.3 is 15.7 Å². The number of nitrogens with zero attached hydrogens (tertiary/aromatic N) is 2. The summed E-state index contributed by atoms with van der Waals surface area (Å²) in [5.74, 6) is 1.02. The zero-order chi connectivity index (χ0) is 11.9. The number of hydrogen-bond acceptors (Lipinski definition) is 4. The van der Waals surface area contributed by atoms with Crippen molar-refractivity contribution in [2.75, 3.05) is 23.7 Å². The molecule has 92 valence electrons. The summed E-state index contributed by atoms with van der Waals surface area (Å²) < 4.78 is 0. The molecule has 0 atom stereocenters. The Labute approximate surface area is 101 Å². The van der Waals surface area contributed by atoms with Gasteiger partial charge in [0.15, 0.2) is 0 Å². The lowest BCUT2D eigenvalue weighted by molar-refractivity contribution is -0.0464. The summed E-state index contributed by atoms with van der Waals surface area (Å²) in [7, 11) is 0. The molecule has 0 radical (unpaired) electrons. The van der Waals surface area contributed by atoms with Crippen LogP contribution >= 0.6 is 0 Å². The molecule has 2 heterocycles. The van der Waals surface area contributed by atoms with Crippen molar-refractivity contribution in [1.29, 1.82) is 0 Å². The van der Waals surface area contributed by atoms with Gasteiger partial charge in [-0.15, -0.1) is 0 Å². The quantitative estimate of drug-likeness (QED) is 0.769. The van der Waals surface area contributed by atoms with E-state index in [0.717, 1.165) is 31.7 Å². The van der Waals surface area contributed by atoms with Crippen LogP contribution in [0.5, 0.6) is 0 Å². The monoisotopic (exact) mass is 233 g/mol. The van der Waals surface area contributed by atoms with Gasteiger partial charge in [-0.05, 0) is 43.2 Å². The highest BCUT2D eigenvalue weighted by Gasteiger charge is 2.45. The minimum absolute atomic E-state index is 0.0452. The lowest BCUT2D eigenvalue weighted by Gasteiger charge is -2.50. The molecule has 0 aromatic carbocycles. The molecule has 1 saturated carbocycles. The van der Waals surface area contributed by atoms with E-state index in [2.05, 4.69) is 9.88 Å². The van der Waals surface area contributed by atoms with Crippen LogP contribution in [0.2, 0.25) is 0 Å². The normalized spacial score (nSPS) is 23.7. The Morgan fingerprint density at radius 1 is 1.29 bits per heavy atom. The minimum atomic E-state index is -0.0452. The Balaban J connectivity index is 1.63. The Morgan fingerprint density at radius 2 is 2.00 bits per heavy atom. The van der Waals surface area contributed by atoms with E-state index in [-0.39, 0.29) is 6.10 Å². The molecule has 0 unspecified atom stereocenters. The van der Waals surface area contributed by atoms with Crippen molar-refractivity contribution in [1.82, 2.24) is 4.98 Å². The number of piperidine rings is 1. The number of aliphatic hydroxyl groups excluding tert-OH is 1. The fourth-order valence-electron chi connectivity index (χ4n) is 3.14. The number of aromatic nitrogens is 1. The molecule has 1 aliphatic carbocycles. The molecule has 0 bridgehead atoms. The van der Waals surface area contributed by atoms with E-state index in [9.17, 15) is 5.11 Å². The maximum Gasteiger partial charge on any atom is 0.128 e. The third kappa shape index (κ3) is 1.97. The number of pyridine rings is 1. The highest BCUT2D eigenvalue weighted by atomic mass is 16.3. The van der Waals surface area contributed by atoms with Crippen LogP contribution in [0.4, 0.5) is 11.5 Å². The zero-order valence-corrected chi connectivity index (χ0v) is 9.97. The van der Waals surface area contributed by atoms with Crippen LogP contribution in [0.15, 0.2) is 18.3 Å². The van der Waals surface area contributed by atoms with E-state index in [1.807, 2.05) is 12.1 Å². The summed E-state index contributed by atoms with van der Waals surface area (Å²) in [6.45, 7) is 2.09. The number of aliphatic hydroxyl groups is 1. The molecule has 1 aliphatic heterocycles. The van der Waals surface area contributed by atoms with Crippen molar-refractivity contribution in [2.45, 2.75) is 31.8 Å². The Morgan fingerprint density at radius 3 is 2.53 bits per heavy atom. The largest absolute Gasteiger partial charge is 0.397 e. The third-order valence-corrected chi connectivity index (χ3v) is 4.26. The summed E-state index contributed by atoms with van der Waals surface area (Å²) in [5, 5.41) is 9.44. The van der Waals surface area contributed by atoms with Crippen molar-refractivity contribution in [3.8, 4) is 0 Å². The van der Waals surface area contributed by atoms with Gasteiger partial charge in [-0.25, -0.2) is 4.98 Å². The van der Waals surface area contributed by atoms with E-state index in [1.54, 1.807) is 6.20 Å². The van der Waals surface area contributed by atoms with E-state index in [1.165, 1.54) is 12.8 Å². The summed E-state index contributed by atoms with van der Waals surface area (Å²) in [6.07, 6.45) is 6.02. The molecule has 3 rings (SSSR count). The van der Waals surface area contributed by atoms with Crippen molar-refractivity contribution >= 4 is 11.5 Å². The summed E-state index contributed by atoms with van der Waals surface area (Å²) in [4.78, 5) is 6.67. The smallest absolute Gasteiger partial charge is 0.128 e. The second kappa shape index (κ2) is 3.88. The van der Waals surface area contributed by atoms with E-state index >= 15 is 0 Å². The van der Waals surface area contributed by atoms with Crippen molar-refractivity contribution < 1.29 is 5.11 Å². The molecular formula is C13H19N3O. The van der Waals surface area contributed by atoms with Crippen molar-refractivity contribution in [3.63, 3.8) is 0 Å². The number of nitrogens with two attached hydrogens (primary N) is 1. The van der Waals surface area contributed by atoms with Gasteiger partial charge in [-0.1, -0.05) is 0 Å². The Bertz CT molecular complexity index is 388. The molecule has 4 nitrogen and oxygen atoms in total. The fraction of sp³-hybridized carbons (Fsp3) is 0.615. The van der Waals surface area contributed by atoms with Crippen LogP contribution < -0.4 is 10.6 Å². The highest BCUT2D eigenvalue weighted by molar-refractivity contribution is 5.46. The summed E-state index contributed by atoms with van der Waals surface area (Å²) >= 11 is 0. The topological polar surface area (TPSA) is 62.4 Å². The highest BCUT2D eigenvalue weighted by Crippen LogP contribution is 2.49. The van der Waals surface area contributed by atoms with Gasteiger partial charge in [0.1, 0.15) is 5.82 Å². The predicted octanol–water partition coefficient (Wildman–Crippen LogP) is 1.41. The maximum atomic E-state index is 9.44. The molecule has 1 aromatic heterocycles. The Hall–Kier alpha value is -1.29. The van der Waals surface area contributed by atoms with Crippen LogP contribution in [0.3, 0.4) is 0 Å². The molecule has 2 fully saturated rings. The van der Waals surface area contributed by atoms with Crippen molar-refractivity contribution in [3.05, 3.63) is 18.3 Å². The van der Waals surface area contributed by atoms with Crippen LogP contribution in [0.1, 0.15) is 25.7 Å². The van der Waals surface area contributed by atoms with Crippen LogP contribution in [-0.2, 0) is 0 Å². The average molecular weight is 233 g/mol. The molecule has 3 N–H and O–H groups in total. The molecule has 1 saturated heterocycles. The first kappa shape index (κ1) is 10.8. The number of anilines is 2. The number of hydrogen-bond donors (Lipinski definition) is 2. The van der Waals surface area contributed by atoms with Crippen molar-refractivity contribution in [2.24, 2.45) is 5.41 Å². The summed E-state index contributed by atoms with van der Waals surface area (Å²) in [6, 6.07) is 3.89. The van der Waals surface area contributed by atoms with Gasteiger partial charge in [-0.3, -0.25) is 0 Å². The van der Waals surface area contributed by atoms with Crippen LogP contribution in [-0.4, -0.2) is 29.3 Å². The first-order valence-corrected chi connectivity index (χ1v) is 6.31. The van der Waals surface area contributed by atoms with E-state index in [4.69, 9.17) is 5.73 Å². The van der Waals surface area contributed by atoms with Gasteiger partial charge >= 0.3 is 0 Å². The number of rotatable bonds is 1. The molecule has 2 aliphatic rings. The molecule has 1 aromatic rings. The lowest BCUT2D eigenvalue weighted by Crippen LogP contribution is -2.49. The molecule has 1 spiro atoms. The lowest BCUT2D eigenvalue weighted by atomic mass is 9.61. The Kier molecular flexibility index (Phi) is 2.47. The van der Waals surface area contributed by atoms with Gasteiger partial charge in [0.2, 0.25) is 0 Å². The van der Waals surface area contributed by atoms with Gasteiger partial charge in [0, 0.05) is 13.1 Å². The first-order chi connectivity index (χ1) is 8.17. The average Bonchev–Trinajstić information content (AvgIpc) is 2.30. The molecular weight excluding hydrogens is 214 g/mol. The summed E-state index contributed by atoms with van der Waals surface area (Å²) in [5.41, 5.74) is 6.78. The van der Waals surface area contributed by atoms with E-state index in [0.29, 0.717) is 11.1 Å². The molecule has 4 heteroatoms. The fourth-order valence-corrected chi connectivity index (χ4v) is 3.14. The second-order valence-corrected chi connectivity index (χ2v) is 5.50. The number of nitrogen functional groups attached to an aromatic ring is 1. The second-order valence-electron chi connectivity index (χ2n) is 5.50. The van der Waals surface area contributed by atoms with Gasteiger partial charge in [0.05, 0.1) is 18.0 Å². The van der Waals surface area contributed by atoms with Gasteiger partial charge in [0.25, 0.3) is 0 Å². The van der Waals surface area contributed by atoms with Crippen LogP contribution in [0.25, 0.3) is 0 Å².